The zero-order valence-electron chi connectivity index (χ0n) is 6.99. The number of benzene rings is 1. The van der Waals surface area contributed by atoms with Gasteiger partial charge in [0.1, 0.15) is 5.82 Å². The minimum Gasteiger partial charge on any atom is -0.399 e. The number of aromatic nitrogens is 2. The quantitative estimate of drug-likeness (QED) is 0.569. The average molecular weight is 174 g/mol. The largest absolute Gasteiger partial charge is 0.399 e. The highest BCUT2D eigenvalue weighted by Gasteiger charge is 2.00. The highest BCUT2D eigenvalue weighted by Crippen LogP contribution is 2.20. The zero-order chi connectivity index (χ0) is 9.26. The number of anilines is 2. The van der Waals surface area contributed by atoms with Gasteiger partial charge >= 0.3 is 0 Å². The lowest BCUT2D eigenvalue weighted by Gasteiger charge is -1.97. The Hall–Kier alpha value is -1.97. The van der Waals surface area contributed by atoms with E-state index in [0.717, 1.165) is 16.9 Å². The van der Waals surface area contributed by atoms with E-state index in [0.29, 0.717) is 5.82 Å². The predicted octanol–water partition coefficient (Wildman–Crippen LogP) is 1.24. The number of nitrogens with two attached hydrogens (primary N) is 2. The van der Waals surface area contributed by atoms with Gasteiger partial charge in [-0.1, -0.05) is 12.1 Å². The Kier molecular flexibility index (Phi) is 1.66. The SMILES string of the molecule is Nc1cccc(-c2cc(N)n[nH]2)c1. The summed E-state index contributed by atoms with van der Waals surface area (Å²) in [5.41, 5.74) is 13.7. The first-order valence-corrected chi connectivity index (χ1v) is 3.92. The fraction of sp³-hybridized carbons (Fsp3) is 0. The molecule has 0 radical (unpaired) electrons. The molecule has 2 rings (SSSR count). The van der Waals surface area contributed by atoms with E-state index in [1.54, 1.807) is 6.07 Å². The second-order valence-electron chi connectivity index (χ2n) is 2.83. The van der Waals surface area contributed by atoms with Crippen molar-refractivity contribution < 1.29 is 0 Å². The lowest BCUT2D eigenvalue weighted by Crippen LogP contribution is -1.84. The van der Waals surface area contributed by atoms with Gasteiger partial charge in [-0.05, 0) is 12.1 Å². The molecule has 4 nitrogen and oxygen atoms in total. The maximum atomic E-state index is 5.64. The van der Waals surface area contributed by atoms with Gasteiger partial charge in [-0.3, -0.25) is 5.10 Å². The minimum absolute atomic E-state index is 0.484. The first kappa shape index (κ1) is 7.67. The third-order valence-electron chi connectivity index (χ3n) is 1.80. The smallest absolute Gasteiger partial charge is 0.145 e. The number of H-pyrrole nitrogens is 1. The molecule has 0 unspecified atom stereocenters. The molecular weight excluding hydrogens is 164 g/mol. The van der Waals surface area contributed by atoms with E-state index in [-0.39, 0.29) is 0 Å². The molecule has 0 aliphatic rings. The summed E-state index contributed by atoms with van der Waals surface area (Å²) in [7, 11) is 0. The number of rotatable bonds is 1. The van der Waals surface area contributed by atoms with Crippen LogP contribution in [0.5, 0.6) is 0 Å². The van der Waals surface area contributed by atoms with E-state index >= 15 is 0 Å². The predicted molar refractivity (Wildman–Crippen MR) is 52.8 cm³/mol. The van der Waals surface area contributed by atoms with Crippen LogP contribution in [-0.4, -0.2) is 10.2 Å². The Labute approximate surface area is 75.6 Å². The van der Waals surface area contributed by atoms with Crippen LogP contribution in [0, 0.1) is 0 Å². The van der Waals surface area contributed by atoms with Gasteiger partial charge < -0.3 is 11.5 Å². The van der Waals surface area contributed by atoms with Crippen LogP contribution in [0.2, 0.25) is 0 Å². The molecule has 0 saturated heterocycles. The van der Waals surface area contributed by atoms with Gasteiger partial charge in [0.25, 0.3) is 0 Å². The monoisotopic (exact) mass is 174 g/mol. The Balaban J connectivity index is 2.46. The third-order valence-corrected chi connectivity index (χ3v) is 1.80. The standard InChI is InChI=1S/C9H10N4/c10-7-3-1-2-6(4-7)8-5-9(11)13-12-8/h1-5H,10H2,(H3,11,12,13). The van der Waals surface area contributed by atoms with E-state index in [1.165, 1.54) is 0 Å². The summed E-state index contributed by atoms with van der Waals surface area (Å²) in [6, 6.07) is 9.32. The molecule has 66 valence electrons. The van der Waals surface area contributed by atoms with E-state index in [1.807, 2.05) is 24.3 Å². The van der Waals surface area contributed by atoms with Crippen molar-refractivity contribution in [2.75, 3.05) is 11.5 Å². The van der Waals surface area contributed by atoms with Crippen LogP contribution in [0.1, 0.15) is 0 Å². The maximum absolute atomic E-state index is 5.64. The van der Waals surface area contributed by atoms with Crippen LogP contribution in [0.25, 0.3) is 11.3 Å². The van der Waals surface area contributed by atoms with E-state index in [9.17, 15) is 0 Å². The maximum Gasteiger partial charge on any atom is 0.145 e. The summed E-state index contributed by atoms with van der Waals surface area (Å²) in [6.45, 7) is 0. The van der Waals surface area contributed by atoms with E-state index in [2.05, 4.69) is 10.2 Å². The van der Waals surface area contributed by atoms with Crippen LogP contribution in [-0.2, 0) is 0 Å². The van der Waals surface area contributed by atoms with Crippen molar-refractivity contribution in [1.29, 1.82) is 0 Å². The Morgan fingerprint density at radius 2 is 2.00 bits per heavy atom. The molecule has 0 aliphatic carbocycles. The molecule has 5 N–H and O–H groups in total. The fourth-order valence-corrected chi connectivity index (χ4v) is 1.19. The van der Waals surface area contributed by atoms with E-state index in [4.69, 9.17) is 11.5 Å². The van der Waals surface area contributed by atoms with Crippen molar-refractivity contribution in [2.24, 2.45) is 0 Å². The number of aromatic amines is 1. The molecule has 1 heterocycles. The second kappa shape index (κ2) is 2.82. The molecular formula is C9H10N4. The Morgan fingerprint density at radius 3 is 2.62 bits per heavy atom. The van der Waals surface area contributed by atoms with Crippen molar-refractivity contribution in [2.45, 2.75) is 0 Å². The summed E-state index contributed by atoms with van der Waals surface area (Å²) in [4.78, 5) is 0. The summed E-state index contributed by atoms with van der Waals surface area (Å²) in [5.74, 6) is 0.484. The number of hydrogen-bond donors (Lipinski definition) is 3. The molecule has 0 fully saturated rings. The Morgan fingerprint density at radius 1 is 1.15 bits per heavy atom. The Bertz CT molecular complexity index is 419. The van der Waals surface area contributed by atoms with Crippen LogP contribution in [0.3, 0.4) is 0 Å². The summed E-state index contributed by atoms with van der Waals surface area (Å²) in [6.07, 6.45) is 0. The van der Waals surface area contributed by atoms with Crippen LogP contribution in [0.4, 0.5) is 11.5 Å². The molecule has 0 spiro atoms. The minimum atomic E-state index is 0.484. The van der Waals surface area contributed by atoms with Crippen LogP contribution < -0.4 is 11.5 Å². The van der Waals surface area contributed by atoms with Crippen molar-refractivity contribution in [3.63, 3.8) is 0 Å². The second-order valence-corrected chi connectivity index (χ2v) is 2.83. The third kappa shape index (κ3) is 1.46. The molecule has 4 heteroatoms. The number of nitrogen functional groups attached to an aromatic ring is 2. The molecule has 2 aromatic rings. The van der Waals surface area contributed by atoms with Gasteiger partial charge in [-0.2, -0.15) is 5.10 Å². The van der Waals surface area contributed by atoms with Crippen LogP contribution in [0.15, 0.2) is 30.3 Å². The van der Waals surface area contributed by atoms with Gasteiger partial charge in [0.2, 0.25) is 0 Å². The molecule has 0 amide bonds. The summed E-state index contributed by atoms with van der Waals surface area (Å²) >= 11 is 0. The topological polar surface area (TPSA) is 80.7 Å². The summed E-state index contributed by atoms with van der Waals surface area (Å²) < 4.78 is 0. The normalized spacial score (nSPS) is 10.2. The van der Waals surface area contributed by atoms with Crippen molar-refractivity contribution >= 4 is 11.5 Å². The molecule has 13 heavy (non-hydrogen) atoms. The van der Waals surface area contributed by atoms with Crippen molar-refractivity contribution in [3.8, 4) is 11.3 Å². The van der Waals surface area contributed by atoms with Gasteiger partial charge in [0.05, 0.1) is 5.69 Å². The molecule has 0 bridgehead atoms. The van der Waals surface area contributed by atoms with Gasteiger partial charge in [0, 0.05) is 17.3 Å². The molecule has 0 saturated carbocycles. The first-order valence-electron chi connectivity index (χ1n) is 3.92. The zero-order valence-corrected chi connectivity index (χ0v) is 6.99. The summed E-state index contributed by atoms with van der Waals surface area (Å²) in [5, 5.41) is 6.65. The van der Waals surface area contributed by atoms with Gasteiger partial charge in [-0.25, -0.2) is 0 Å². The van der Waals surface area contributed by atoms with Crippen molar-refractivity contribution in [1.82, 2.24) is 10.2 Å². The number of nitrogens with one attached hydrogen (secondary N) is 1. The molecule has 0 atom stereocenters. The fourth-order valence-electron chi connectivity index (χ4n) is 1.19. The average Bonchev–Trinajstić information content (AvgIpc) is 2.52. The molecule has 0 aliphatic heterocycles. The van der Waals surface area contributed by atoms with Gasteiger partial charge in [0.15, 0.2) is 0 Å². The lowest BCUT2D eigenvalue weighted by molar-refractivity contribution is 1.10. The van der Waals surface area contributed by atoms with Gasteiger partial charge in [-0.15, -0.1) is 0 Å². The molecule has 1 aromatic heterocycles. The first-order chi connectivity index (χ1) is 6.25. The number of nitrogens with zero attached hydrogens (tertiary/aromatic N) is 1. The van der Waals surface area contributed by atoms with Crippen LogP contribution >= 0.6 is 0 Å². The molecule has 1 aromatic carbocycles. The highest BCUT2D eigenvalue weighted by atomic mass is 15.2. The van der Waals surface area contributed by atoms with E-state index < -0.39 is 0 Å². The highest BCUT2D eigenvalue weighted by molar-refractivity contribution is 5.65. The van der Waals surface area contributed by atoms with Crippen molar-refractivity contribution in [3.05, 3.63) is 30.3 Å². The lowest BCUT2D eigenvalue weighted by atomic mass is 10.1. The number of hydrogen-bond acceptors (Lipinski definition) is 3.